The molecule has 16 heavy (non-hydrogen) atoms. The van der Waals surface area contributed by atoms with E-state index in [4.69, 9.17) is 5.26 Å². The van der Waals surface area contributed by atoms with Crippen LogP contribution in [0.1, 0.15) is 18.1 Å². The van der Waals surface area contributed by atoms with E-state index in [0.717, 1.165) is 31.7 Å². The van der Waals surface area contributed by atoms with E-state index in [9.17, 15) is 0 Å². The van der Waals surface area contributed by atoms with E-state index in [1.165, 1.54) is 5.56 Å². The summed E-state index contributed by atoms with van der Waals surface area (Å²) >= 11 is 0. The number of benzene rings is 1. The molecule has 3 nitrogen and oxygen atoms in total. The minimum Gasteiger partial charge on any atom is -0.312 e. The van der Waals surface area contributed by atoms with Crippen LogP contribution in [0.3, 0.4) is 0 Å². The van der Waals surface area contributed by atoms with E-state index in [-0.39, 0.29) is 0 Å². The fourth-order valence-electron chi connectivity index (χ4n) is 2.10. The van der Waals surface area contributed by atoms with Crippen molar-refractivity contribution in [3.8, 4) is 6.07 Å². The first-order valence-corrected chi connectivity index (χ1v) is 5.73. The Labute approximate surface area is 96.7 Å². The lowest BCUT2D eigenvalue weighted by Gasteiger charge is -2.31. The van der Waals surface area contributed by atoms with Gasteiger partial charge in [0.05, 0.1) is 11.6 Å². The first-order valence-electron chi connectivity index (χ1n) is 5.73. The van der Waals surface area contributed by atoms with Crippen molar-refractivity contribution in [1.82, 2.24) is 10.2 Å². The van der Waals surface area contributed by atoms with Crippen molar-refractivity contribution in [1.29, 1.82) is 5.26 Å². The Balaban J connectivity index is 1.95. The summed E-state index contributed by atoms with van der Waals surface area (Å²) in [4.78, 5) is 2.45. The average molecular weight is 215 g/mol. The van der Waals surface area contributed by atoms with Crippen LogP contribution in [0.25, 0.3) is 0 Å². The normalized spacial score (nSPS) is 21.6. The molecule has 0 radical (unpaired) electrons. The molecule has 1 fully saturated rings. The van der Waals surface area contributed by atoms with Gasteiger partial charge in [0.25, 0.3) is 0 Å². The van der Waals surface area contributed by atoms with Gasteiger partial charge in [0.1, 0.15) is 0 Å². The van der Waals surface area contributed by atoms with Crippen molar-refractivity contribution in [3.63, 3.8) is 0 Å². The second-order valence-corrected chi connectivity index (χ2v) is 4.40. The first kappa shape index (κ1) is 11.1. The van der Waals surface area contributed by atoms with Crippen LogP contribution in [0, 0.1) is 11.3 Å². The molecule has 1 aromatic rings. The molecule has 0 bridgehead atoms. The number of nitriles is 1. The predicted octanol–water partition coefficient (Wildman–Crippen LogP) is 1.35. The highest BCUT2D eigenvalue weighted by atomic mass is 15.2. The highest BCUT2D eigenvalue weighted by Gasteiger charge is 2.15. The highest BCUT2D eigenvalue weighted by Crippen LogP contribution is 2.08. The zero-order chi connectivity index (χ0) is 11.4. The molecule has 1 saturated heterocycles. The molecule has 1 aliphatic rings. The molecule has 1 aliphatic heterocycles. The lowest BCUT2D eigenvalue weighted by molar-refractivity contribution is 0.199. The molecule has 1 N–H and O–H groups in total. The van der Waals surface area contributed by atoms with E-state index in [1.807, 2.05) is 24.3 Å². The smallest absolute Gasteiger partial charge is 0.0991 e. The number of rotatable bonds is 2. The molecule has 0 aromatic heterocycles. The Morgan fingerprint density at radius 3 is 2.81 bits per heavy atom. The van der Waals surface area contributed by atoms with Crippen molar-refractivity contribution in [2.75, 3.05) is 19.6 Å². The maximum Gasteiger partial charge on any atom is 0.0991 e. The van der Waals surface area contributed by atoms with Gasteiger partial charge in [0.15, 0.2) is 0 Å². The third-order valence-corrected chi connectivity index (χ3v) is 2.94. The van der Waals surface area contributed by atoms with Crippen LogP contribution < -0.4 is 5.32 Å². The Morgan fingerprint density at radius 1 is 1.44 bits per heavy atom. The summed E-state index contributed by atoms with van der Waals surface area (Å²) in [5, 5.41) is 12.1. The number of nitrogens with one attached hydrogen (secondary N) is 1. The summed E-state index contributed by atoms with van der Waals surface area (Å²) in [7, 11) is 0. The molecular formula is C13H17N3. The summed E-state index contributed by atoms with van der Waals surface area (Å²) in [6.07, 6.45) is 0. The van der Waals surface area contributed by atoms with Crippen LogP contribution in [-0.4, -0.2) is 30.6 Å². The molecule has 2 rings (SSSR count). The largest absolute Gasteiger partial charge is 0.312 e. The maximum atomic E-state index is 8.72. The minimum absolute atomic E-state index is 0.576. The second-order valence-electron chi connectivity index (χ2n) is 4.40. The Bertz CT molecular complexity index is 377. The van der Waals surface area contributed by atoms with Crippen LogP contribution in [0.15, 0.2) is 24.3 Å². The summed E-state index contributed by atoms with van der Waals surface area (Å²) in [5.41, 5.74) is 2.02. The number of piperazine rings is 1. The summed E-state index contributed by atoms with van der Waals surface area (Å²) in [6.45, 7) is 6.46. The molecular weight excluding hydrogens is 198 g/mol. The van der Waals surface area contributed by atoms with Crippen molar-refractivity contribution in [2.45, 2.75) is 19.5 Å². The van der Waals surface area contributed by atoms with Crippen molar-refractivity contribution in [2.24, 2.45) is 0 Å². The molecule has 0 amide bonds. The molecule has 3 heteroatoms. The van der Waals surface area contributed by atoms with Gasteiger partial charge < -0.3 is 5.32 Å². The fraction of sp³-hybridized carbons (Fsp3) is 0.462. The van der Waals surface area contributed by atoms with Gasteiger partial charge in [-0.3, -0.25) is 4.90 Å². The third-order valence-electron chi connectivity index (χ3n) is 2.94. The van der Waals surface area contributed by atoms with Crippen molar-refractivity contribution >= 4 is 0 Å². The van der Waals surface area contributed by atoms with Gasteiger partial charge in [-0.25, -0.2) is 0 Å². The van der Waals surface area contributed by atoms with E-state index >= 15 is 0 Å². The highest BCUT2D eigenvalue weighted by molar-refractivity contribution is 5.31. The SMILES string of the molecule is CC1CN(Cc2ccc(C#N)cc2)CCN1. The topological polar surface area (TPSA) is 39.1 Å². The molecule has 1 atom stereocenters. The standard InChI is InChI=1S/C13H17N3/c1-11-9-16(7-6-15-11)10-13-4-2-12(8-14)3-5-13/h2-5,11,15H,6-7,9-10H2,1H3. The molecule has 0 saturated carbocycles. The Kier molecular flexibility index (Phi) is 3.55. The first-order chi connectivity index (χ1) is 7.78. The van der Waals surface area contributed by atoms with E-state index < -0.39 is 0 Å². The van der Waals surface area contributed by atoms with Gasteiger partial charge in [-0.2, -0.15) is 5.26 Å². The zero-order valence-corrected chi connectivity index (χ0v) is 9.61. The molecule has 1 aromatic carbocycles. The number of nitrogens with zero attached hydrogens (tertiary/aromatic N) is 2. The molecule has 1 heterocycles. The van der Waals surface area contributed by atoms with Gasteiger partial charge in [0, 0.05) is 32.2 Å². The average Bonchev–Trinajstić information content (AvgIpc) is 2.30. The second kappa shape index (κ2) is 5.11. The van der Waals surface area contributed by atoms with E-state index in [1.54, 1.807) is 0 Å². The van der Waals surface area contributed by atoms with E-state index in [2.05, 4.69) is 23.2 Å². The maximum absolute atomic E-state index is 8.72. The van der Waals surface area contributed by atoms with Crippen LogP contribution in [0.4, 0.5) is 0 Å². The van der Waals surface area contributed by atoms with Crippen molar-refractivity contribution in [3.05, 3.63) is 35.4 Å². The molecule has 0 spiro atoms. The van der Waals surface area contributed by atoms with Crippen LogP contribution in [0.2, 0.25) is 0 Å². The molecule has 1 unspecified atom stereocenters. The third kappa shape index (κ3) is 2.82. The lowest BCUT2D eigenvalue weighted by atomic mass is 10.1. The Hall–Kier alpha value is -1.37. The van der Waals surface area contributed by atoms with Crippen LogP contribution >= 0.6 is 0 Å². The van der Waals surface area contributed by atoms with Crippen LogP contribution in [-0.2, 0) is 6.54 Å². The monoisotopic (exact) mass is 215 g/mol. The van der Waals surface area contributed by atoms with Gasteiger partial charge in [-0.1, -0.05) is 12.1 Å². The van der Waals surface area contributed by atoms with Crippen molar-refractivity contribution < 1.29 is 0 Å². The van der Waals surface area contributed by atoms with Crippen LogP contribution in [0.5, 0.6) is 0 Å². The molecule has 0 aliphatic carbocycles. The summed E-state index contributed by atoms with van der Waals surface area (Å²) in [5.74, 6) is 0. The summed E-state index contributed by atoms with van der Waals surface area (Å²) < 4.78 is 0. The fourth-order valence-corrected chi connectivity index (χ4v) is 2.10. The van der Waals surface area contributed by atoms with Gasteiger partial charge in [0.2, 0.25) is 0 Å². The van der Waals surface area contributed by atoms with Gasteiger partial charge in [-0.05, 0) is 24.6 Å². The number of hydrogen-bond acceptors (Lipinski definition) is 3. The summed E-state index contributed by atoms with van der Waals surface area (Å²) in [6, 6.07) is 10.6. The number of hydrogen-bond donors (Lipinski definition) is 1. The quantitative estimate of drug-likeness (QED) is 0.809. The van der Waals surface area contributed by atoms with Gasteiger partial charge >= 0.3 is 0 Å². The molecule has 84 valence electrons. The minimum atomic E-state index is 0.576. The van der Waals surface area contributed by atoms with E-state index in [0.29, 0.717) is 6.04 Å². The van der Waals surface area contributed by atoms with Gasteiger partial charge in [-0.15, -0.1) is 0 Å². The Morgan fingerprint density at radius 2 is 2.19 bits per heavy atom. The zero-order valence-electron chi connectivity index (χ0n) is 9.61. The lowest BCUT2D eigenvalue weighted by Crippen LogP contribution is -2.48. The predicted molar refractivity (Wildman–Crippen MR) is 63.9 cm³/mol.